The van der Waals surface area contributed by atoms with Crippen molar-refractivity contribution in [1.82, 2.24) is 5.43 Å². The number of benzene rings is 2. The van der Waals surface area contributed by atoms with Crippen LogP contribution in [0.4, 0.5) is 4.39 Å². The number of methoxy groups -OCH3 is 1. The van der Waals surface area contributed by atoms with Crippen molar-refractivity contribution < 1.29 is 18.7 Å². The fourth-order valence-corrected chi connectivity index (χ4v) is 2.44. The minimum atomic E-state index is -0.343. The molecule has 1 amide bonds. The quantitative estimate of drug-likeness (QED) is 0.558. The number of nitrogens with one attached hydrogen (secondary N) is 1. The van der Waals surface area contributed by atoms with Crippen LogP contribution in [0.15, 0.2) is 41.5 Å². The Morgan fingerprint density at radius 1 is 1.31 bits per heavy atom. The van der Waals surface area contributed by atoms with Crippen molar-refractivity contribution in [2.24, 2.45) is 5.10 Å². The summed E-state index contributed by atoms with van der Waals surface area (Å²) in [5, 5.41) is 4.31. The second kappa shape index (κ2) is 9.77. The molecule has 0 aromatic heterocycles. The number of rotatable bonds is 8. The van der Waals surface area contributed by atoms with Crippen LogP contribution >= 0.6 is 11.6 Å². The first kappa shape index (κ1) is 19.7. The SMILES string of the molecule is CCCOc1c(Cl)cc(/C=N\NC(=O)Cc2ccc(F)cc2)cc1OC. The lowest BCUT2D eigenvalue weighted by Gasteiger charge is -2.12. The Morgan fingerprint density at radius 2 is 2.04 bits per heavy atom. The van der Waals surface area contributed by atoms with Crippen molar-refractivity contribution in [3.05, 3.63) is 58.4 Å². The smallest absolute Gasteiger partial charge is 0.244 e. The topological polar surface area (TPSA) is 59.9 Å². The fraction of sp³-hybridized carbons (Fsp3) is 0.263. The molecule has 0 bridgehead atoms. The third kappa shape index (κ3) is 5.74. The molecule has 1 N–H and O–H groups in total. The van der Waals surface area contributed by atoms with Gasteiger partial charge in [-0.15, -0.1) is 0 Å². The highest BCUT2D eigenvalue weighted by atomic mass is 35.5. The highest BCUT2D eigenvalue weighted by Crippen LogP contribution is 2.36. The van der Waals surface area contributed by atoms with E-state index in [1.165, 1.54) is 25.5 Å². The van der Waals surface area contributed by atoms with E-state index in [9.17, 15) is 9.18 Å². The van der Waals surface area contributed by atoms with Gasteiger partial charge >= 0.3 is 0 Å². The maximum Gasteiger partial charge on any atom is 0.244 e. The van der Waals surface area contributed by atoms with Crippen molar-refractivity contribution in [2.75, 3.05) is 13.7 Å². The Bertz CT molecular complexity index is 779. The van der Waals surface area contributed by atoms with Gasteiger partial charge in [0.25, 0.3) is 0 Å². The number of hydrogen-bond acceptors (Lipinski definition) is 4. The van der Waals surface area contributed by atoms with Gasteiger partial charge in [0.1, 0.15) is 5.82 Å². The second-order valence-electron chi connectivity index (χ2n) is 5.48. The Kier molecular flexibility index (Phi) is 7.41. The van der Waals surface area contributed by atoms with Crippen LogP contribution in [-0.4, -0.2) is 25.8 Å². The van der Waals surface area contributed by atoms with E-state index in [-0.39, 0.29) is 18.1 Å². The minimum Gasteiger partial charge on any atom is -0.493 e. The first-order chi connectivity index (χ1) is 12.5. The number of halogens is 2. The lowest BCUT2D eigenvalue weighted by molar-refractivity contribution is -0.120. The van der Waals surface area contributed by atoms with E-state index in [1.807, 2.05) is 6.92 Å². The molecule has 0 aliphatic carbocycles. The molecule has 26 heavy (non-hydrogen) atoms. The lowest BCUT2D eigenvalue weighted by atomic mass is 10.1. The van der Waals surface area contributed by atoms with E-state index in [1.54, 1.807) is 24.3 Å². The van der Waals surface area contributed by atoms with Crippen molar-refractivity contribution >= 4 is 23.7 Å². The summed E-state index contributed by atoms with van der Waals surface area (Å²) in [4.78, 5) is 11.9. The highest BCUT2D eigenvalue weighted by Gasteiger charge is 2.11. The molecule has 138 valence electrons. The summed E-state index contributed by atoms with van der Waals surface area (Å²) in [6, 6.07) is 9.11. The number of nitrogens with zero attached hydrogens (tertiary/aromatic N) is 1. The number of amides is 1. The molecule has 5 nitrogen and oxygen atoms in total. The van der Waals surface area contributed by atoms with Gasteiger partial charge in [0.2, 0.25) is 5.91 Å². The van der Waals surface area contributed by atoms with Gasteiger partial charge in [0.15, 0.2) is 11.5 Å². The molecule has 0 fully saturated rings. The van der Waals surface area contributed by atoms with Crippen LogP contribution in [0.5, 0.6) is 11.5 Å². The first-order valence-electron chi connectivity index (χ1n) is 8.10. The van der Waals surface area contributed by atoms with Crippen molar-refractivity contribution in [2.45, 2.75) is 19.8 Å². The maximum absolute atomic E-state index is 12.9. The number of carbonyl (C=O) groups is 1. The van der Waals surface area contributed by atoms with E-state index in [4.69, 9.17) is 21.1 Å². The molecule has 0 unspecified atom stereocenters. The Balaban J connectivity index is 1.99. The predicted molar refractivity (Wildman–Crippen MR) is 99.6 cm³/mol. The summed E-state index contributed by atoms with van der Waals surface area (Å²) in [6.45, 7) is 2.53. The zero-order valence-corrected chi connectivity index (χ0v) is 15.3. The molecule has 0 saturated carbocycles. The third-order valence-corrected chi connectivity index (χ3v) is 3.66. The van der Waals surface area contributed by atoms with Gasteiger partial charge in [-0.05, 0) is 41.8 Å². The lowest BCUT2D eigenvalue weighted by Crippen LogP contribution is -2.19. The molecule has 2 rings (SSSR count). The van der Waals surface area contributed by atoms with Crippen LogP contribution in [0, 0.1) is 5.82 Å². The minimum absolute atomic E-state index is 0.103. The summed E-state index contributed by atoms with van der Waals surface area (Å²) in [5.41, 5.74) is 3.77. The van der Waals surface area contributed by atoms with Crippen molar-refractivity contribution in [3.63, 3.8) is 0 Å². The zero-order chi connectivity index (χ0) is 18.9. The third-order valence-electron chi connectivity index (χ3n) is 3.38. The van der Waals surface area contributed by atoms with Crippen LogP contribution in [0.3, 0.4) is 0 Å². The van der Waals surface area contributed by atoms with E-state index in [0.717, 1.165) is 6.42 Å². The molecule has 0 spiro atoms. The van der Waals surface area contributed by atoms with Crippen molar-refractivity contribution in [1.29, 1.82) is 0 Å². The average molecular weight is 379 g/mol. The van der Waals surface area contributed by atoms with E-state index in [2.05, 4.69) is 10.5 Å². The monoisotopic (exact) mass is 378 g/mol. The summed E-state index contributed by atoms with van der Waals surface area (Å²) in [7, 11) is 1.52. The molecule has 0 atom stereocenters. The van der Waals surface area contributed by atoms with Gasteiger partial charge in [-0.3, -0.25) is 4.79 Å². The number of hydrazone groups is 1. The zero-order valence-electron chi connectivity index (χ0n) is 14.6. The normalized spacial score (nSPS) is 10.8. The molecule has 2 aromatic carbocycles. The van der Waals surface area contributed by atoms with Crippen molar-refractivity contribution in [3.8, 4) is 11.5 Å². The van der Waals surface area contributed by atoms with Crippen LogP contribution < -0.4 is 14.9 Å². The van der Waals surface area contributed by atoms with Crippen LogP contribution in [0.2, 0.25) is 5.02 Å². The first-order valence-corrected chi connectivity index (χ1v) is 8.48. The van der Waals surface area contributed by atoms with Crippen LogP contribution in [-0.2, 0) is 11.2 Å². The standard InChI is InChI=1S/C19H20ClFN2O3/c1-3-8-26-19-16(20)9-14(10-17(19)25-2)12-22-23-18(24)11-13-4-6-15(21)7-5-13/h4-7,9-10,12H,3,8,11H2,1-2H3,(H,23,24)/b22-12-. The maximum atomic E-state index is 12.9. The largest absolute Gasteiger partial charge is 0.493 e. The van der Waals surface area contributed by atoms with Crippen LogP contribution in [0.1, 0.15) is 24.5 Å². The molecule has 0 heterocycles. The molecule has 7 heteroatoms. The number of ether oxygens (including phenoxy) is 2. The van der Waals surface area contributed by atoms with Gasteiger partial charge in [-0.1, -0.05) is 30.7 Å². The highest BCUT2D eigenvalue weighted by molar-refractivity contribution is 6.32. The Morgan fingerprint density at radius 3 is 2.69 bits per heavy atom. The summed E-state index contributed by atoms with van der Waals surface area (Å²) >= 11 is 6.23. The van der Waals surface area contributed by atoms with E-state index < -0.39 is 0 Å². The summed E-state index contributed by atoms with van der Waals surface area (Å²) in [5.74, 6) is 0.316. The second-order valence-corrected chi connectivity index (χ2v) is 5.89. The molecule has 0 aliphatic rings. The summed E-state index contributed by atoms with van der Waals surface area (Å²) in [6.07, 6.45) is 2.41. The predicted octanol–water partition coefficient (Wildman–Crippen LogP) is 3.97. The molecule has 0 radical (unpaired) electrons. The Labute approximate surface area is 156 Å². The molecular weight excluding hydrogens is 359 g/mol. The molecule has 0 saturated heterocycles. The average Bonchev–Trinajstić information content (AvgIpc) is 2.62. The molecule has 2 aromatic rings. The van der Waals surface area contributed by atoms with Gasteiger partial charge in [-0.25, -0.2) is 9.82 Å². The molecule has 0 aliphatic heterocycles. The van der Waals surface area contributed by atoms with Gasteiger partial charge < -0.3 is 9.47 Å². The van der Waals surface area contributed by atoms with E-state index >= 15 is 0 Å². The number of carbonyl (C=O) groups excluding carboxylic acids is 1. The van der Waals surface area contributed by atoms with Crippen LogP contribution in [0.25, 0.3) is 0 Å². The van der Waals surface area contributed by atoms with E-state index in [0.29, 0.717) is 34.3 Å². The summed E-state index contributed by atoms with van der Waals surface area (Å²) < 4.78 is 23.7. The Hall–Kier alpha value is -2.60. The number of hydrogen-bond donors (Lipinski definition) is 1. The van der Waals surface area contributed by atoms with Gasteiger partial charge in [0.05, 0.1) is 31.4 Å². The van der Waals surface area contributed by atoms with Gasteiger partial charge in [-0.2, -0.15) is 5.10 Å². The fourth-order valence-electron chi connectivity index (χ4n) is 2.16. The van der Waals surface area contributed by atoms with Gasteiger partial charge in [0, 0.05) is 0 Å². The molecular formula is C19H20ClFN2O3.